The van der Waals surface area contributed by atoms with Gasteiger partial charge in [0.05, 0.1) is 35.3 Å². The Bertz CT molecular complexity index is 3040. The Kier molecular flexibility index (Phi) is 15.6. The lowest BCUT2D eigenvalue weighted by atomic mass is 9.85. The highest BCUT2D eigenvalue weighted by atomic mass is 32.1. The van der Waals surface area contributed by atoms with E-state index in [4.69, 9.17) is 9.47 Å². The summed E-state index contributed by atoms with van der Waals surface area (Å²) in [5, 5.41) is 7.85. The van der Waals surface area contributed by atoms with Gasteiger partial charge in [0.15, 0.2) is 0 Å². The number of benzene rings is 3. The molecule has 0 spiro atoms. The molecule has 5 heterocycles. The molecule has 1 aromatic heterocycles. The smallest absolute Gasteiger partial charge is 0.370 e. The van der Waals surface area contributed by atoms with Gasteiger partial charge in [-0.25, -0.2) is 0 Å². The molecule has 0 aliphatic carbocycles. The first-order valence-electron chi connectivity index (χ1n) is 23.8. The van der Waals surface area contributed by atoms with Crippen LogP contribution in [0.25, 0.3) is 10.1 Å². The molecule has 4 aliphatic rings. The summed E-state index contributed by atoms with van der Waals surface area (Å²) in [4.78, 5) is 129. The maximum atomic E-state index is 14.8. The average Bonchev–Trinajstić information content (AvgIpc) is 4.06. The second kappa shape index (κ2) is 21.6. The molecule has 2 unspecified atom stereocenters. The van der Waals surface area contributed by atoms with Gasteiger partial charge in [0, 0.05) is 54.7 Å². The summed E-state index contributed by atoms with van der Waals surface area (Å²) in [6, 6.07) is 14.8. The van der Waals surface area contributed by atoms with E-state index in [-0.39, 0.29) is 79.3 Å². The van der Waals surface area contributed by atoms with Crippen molar-refractivity contribution in [2.75, 3.05) is 39.4 Å². The molecule has 0 saturated carbocycles. The third-order valence-electron chi connectivity index (χ3n) is 13.1. The minimum absolute atomic E-state index is 0.00242. The predicted octanol–water partition coefficient (Wildman–Crippen LogP) is 4.21. The average molecular weight is 1060 g/mol. The van der Waals surface area contributed by atoms with Gasteiger partial charge in [-0.3, -0.25) is 53.1 Å². The second-order valence-electron chi connectivity index (χ2n) is 19.4. The zero-order valence-corrected chi connectivity index (χ0v) is 42.1. The molecule has 3 aromatic carbocycles. The van der Waals surface area contributed by atoms with E-state index in [1.54, 1.807) is 31.7 Å². The number of nitrogens with one attached hydrogen (secondary N) is 3. The van der Waals surface area contributed by atoms with Gasteiger partial charge in [0.1, 0.15) is 30.8 Å². The molecular weight excluding hydrogens is 1010 g/mol. The lowest BCUT2D eigenvalue weighted by molar-refractivity contribution is -0.150. The normalized spacial score (nSPS) is 20.7. The van der Waals surface area contributed by atoms with E-state index in [9.17, 15) is 61.5 Å². The second-order valence-corrected chi connectivity index (χ2v) is 22.1. The SMILES string of the molecule is CC(C)(C)C(NC(=O)c1cc2cc(C(F)(F)P(=O)(O)O)ccc2s1)C(=O)N1C[C@@H](OCC(=O)NCCCC#Cc2ccc3c(c2)C(=O)N(C2CCC(=O)NC2=O)C3=O)C[C@H]1C(=O)N1CCO[C@H](c2ccccc2)C1. The zero-order chi connectivity index (χ0) is 53.3. The lowest BCUT2D eigenvalue weighted by Gasteiger charge is -2.38. The van der Waals surface area contributed by atoms with Crippen molar-refractivity contribution in [3.8, 4) is 11.8 Å². The van der Waals surface area contributed by atoms with Crippen LogP contribution in [0.15, 0.2) is 72.8 Å². The van der Waals surface area contributed by atoms with Crippen LogP contribution < -0.4 is 16.0 Å². The number of halogens is 2. The van der Waals surface area contributed by atoms with Crippen molar-refractivity contribution in [2.45, 2.75) is 88.9 Å². The number of ether oxygens (including phenoxy) is 2. The van der Waals surface area contributed by atoms with Crippen LogP contribution in [0.5, 0.6) is 0 Å². The molecule has 390 valence electrons. The van der Waals surface area contributed by atoms with Gasteiger partial charge < -0.3 is 39.7 Å². The molecular formula is C51H53F2N6O13PS. The van der Waals surface area contributed by atoms with E-state index in [0.717, 1.165) is 33.9 Å². The summed E-state index contributed by atoms with van der Waals surface area (Å²) >= 11 is 0.926. The number of morpholine rings is 1. The predicted molar refractivity (Wildman–Crippen MR) is 262 cm³/mol. The van der Waals surface area contributed by atoms with E-state index in [1.165, 1.54) is 29.2 Å². The van der Waals surface area contributed by atoms with Gasteiger partial charge in [-0.05, 0) is 65.6 Å². The molecule has 3 saturated heterocycles. The number of piperidine rings is 1. The molecule has 3 fully saturated rings. The van der Waals surface area contributed by atoms with Gasteiger partial charge in [-0.15, -0.1) is 11.3 Å². The van der Waals surface area contributed by atoms with Gasteiger partial charge in [-0.1, -0.05) is 69.0 Å². The number of carbonyl (C=O) groups is 8. The molecule has 0 radical (unpaired) electrons. The molecule has 5 atom stereocenters. The molecule has 4 aliphatic heterocycles. The molecule has 0 bridgehead atoms. The zero-order valence-electron chi connectivity index (χ0n) is 40.4. The van der Waals surface area contributed by atoms with Crippen molar-refractivity contribution >= 4 is 76.3 Å². The quantitative estimate of drug-likeness (QED) is 0.0514. The Morgan fingerprint density at radius 2 is 1.72 bits per heavy atom. The number of thiophene rings is 1. The van der Waals surface area contributed by atoms with Crippen molar-refractivity contribution in [2.24, 2.45) is 5.41 Å². The van der Waals surface area contributed by atoms with Crippen LogP contribution in [0.2, 0.25) is 0 Å². The first kappa shape index (κ1) is 53.6. The number of amides is 8. The van der Waals surface area contributed by atoms with Gasteiger partial charge in [0.2, 0.25) is 29.5 Å². The number of hydrogen-bond acceptors (Lipinski definition) is 12. The standard InChI is InChI=1S/C51H53F2N6O13PS/c1-50(2,3)43(56-45(63)40-24-31-23-32(14-17-39(31)74-40)51(52,53)73(68,69)70)49(67)58-26-33(25-37(58)48(66)57-20-21-71-38(27-57)30-11-7-4-8-12-30)72-28-42(61)54-19-9-5-6-10-29-13-15-34-35(22-29)47(65)59(46(34)64)36-16-18-41(60)55-44(36)62/h4,7-8,11-15,17,22-24,33,36-38,43H,5,9,16,18-21,25-28H2,1-3H3,(H,54,61)(H,56,63)(H,55,60,62)(H2,68,69,70)/t33-,36?,37-,38-,43?/m0/s1. The Morgan fingerprint density at radius 1 is 0.973 bits per heavy atom. The molecule has 23 heteroatoms. The Labute approximate surface area is 427 Å². The maximum absolute atomic E-state index is 14.8. The van der Waals surface area contributed by atoms with Crippen molar-refractivity contribution < 1.29 is 71.0 Å². The van der Waals surface area contributed by atoms with Crippen LogP contribution in [0.1, 0.15) is 106 Å². The molecule has 8 rings (SSSR count). The highest BCUT2D eigenvalue weighted by molar-refractivity contribution is 7.52. The lowest BCUT2D eigenvalue weighted by Crippen LogP contribution is -2.58. The van der Waals surface area contributed by atoms with Gasteiger partial charge in [0.25, 0.3) is 17.7 Å². The minimum Gasteiger partial charge on any atom is -0.370 e. The van der Waals surface area contributed by atoms with Crippen molar-refractivity contribution in [1.29, 1.82) is 0 Å². The fourth-order valence-corrected chi connectivity index (χ4v) is 10.6. The number of unbranched alkanes of at least 4 members (excludes halogenated alkanes) is 1. The molecule has 74 heavy (non-hydrogen) atoms. The fourth-order valence-electron chi connectivity index (χ4n) is 9.22. The van der Waals surface area contributed by atoms with Crippen LogP contribution >= 0.6 is 18.9 Å². The summed E-state index contributed by atoms with van der Waals surface area (Å²) < 4.78 is 53.1. The maximum Gasteiger partial charge on any atom is 0.399 e. The summed E-state index contributed by atoms with van der Waals surface area (Å²) in [6.45, 7) is 5.55. The molecule has 5 N–H and O–H groups in total. The summed E-state index contributed by atoms with van der Waals surface area (Å²) in [7, 11) is -5.86. The van der Waals surface area contributed by atoms with E-state index in [0.29, 0.717) is 23.1 Å². The summed E-state index contributed by atoms with van der Waals surface area (Å²) in [6.07, 6.45) is -0.361. The monoisotopic (exact) mass is 1060 g/mol. The Hall–Kier alpha value is -6.73. The third-order valence-corrected chi connectivity index (χ3v) is 15.3. The first-order valence-corrected chi connectivity index (χ1v) is 26.2. The van der Waals surface area contributed by atoms with Gasteiger partial charge >= 0.3 is 13.3 Å². The topological polar surface area (TPSA) is 258 Å². The number of rotatable bonds is 14. The number of likely N-dealkylation sites (tertiary alicyclic amines) is 1. The first-order chi connectivity index (χ1) is 35.0. The number of hydrogen-bond donors (Lipinski definition) is 5. The number of carbonyl (C=O) groups excluding carboxylic acids is 8. The Morgan fingerprint density at radius 3 is 2.43 bits per heavy atom. The fraction of sp³-hybridized carbons (Fsp3) is 0.412. The van der Waals surface area contributed by atoms with E-state index >= 15 is 0 Å². The molecule has 19 nitrogen and oxygen atoms in total. The molecule has 8 amide bonds. The number of imide groups is 2. The summed E-state index contributed by atoms with van der Waals surface area (Å²) in [5.74, 6) is 1.32. The largest absolute Gasteiger partial charge is 0.399 e. The van der Waals surface area contributed by atoms with Crippen molar-refractivity contribution in [1.82, 2.24) is 30.7 Å². The highest BCUT2D eigenvalue weighted by Gasteiger charge is 2.51. The van der Waals surface area contributed by atoms with Crippen LogP contribution in [0.3, 0.4) is 0 Å². The summed E-state index contributed by atoms with van der Waals surface area (Å²) in [5.41, 5.74) is -4.78. The minimum atomic E-state index is -5.86. The van der Waals surface area contributed by atoms with Gasteiger partial charge in [-0.2, -0.15) is 8.78 Å². The van der Waals surface area contributed by atoms with Crippen LogP contribution in [0.4, 0.5) is 8.78 Å². The number of nitrogens with zero attached hydrogens (tertiary/aromatic N) is 3. The highest BCUT2D eigenvalue weighted by Crippen LogP contribution is 2.59. The van der Waals surface area contributed by atoms with Crippen molar-refractivity contribution in [3.05, 3.63) is 105 Å². The molecule has 4 aromatic rings. The Balaban J connectivity index is 0.899. The number of fused-ring (bicyclic) bond motifs is 2. The van der Waals surface area contributed by atoms with Crippen LogP contribution in [-0.4, -0.2) is 135 Å². The van der Waals surface area contributed by atoms with E-state index < -0.39 is 103 Å². The van der Waals surface area contributed by atoms with E-state index in [1.807, 2.05) is 30.3 Å². The van der Waals surface area contributed by atoms with Crippen molar-refractivity contribution in [3.63, 3.8) is 0 Å². The van der Waals surface area contributed by atoms with E-state index in [2.05, 4.69) is 27.8 Å². The third kappa shape index (κ3) is 11.5. The van der Waals surface area contributed by atoms with Crippen LogP contribution in [-0.2, 0) is 43.7 Å². The number of alkyl halides is 2. The van der Waals surface area contributed by atoms with Crippen LogP contribution in [0, 0.1) is 17.3 Å².